The highest BCUT2D eigenvalue weighted by Crippen LogP contribution is 2.32. The Balaban J connectivity index is 1.55. The van der Waals surface area contributed by atoms with Crippen LogP contribution in [0.15, 0.2) is 103 Å². The van der Waals surface area contributed by atoms with Gasteiger partial charge in [0.1, 0.15) is 17.9 Å². The van der Waals surface area contributed by atoms with Gasteiger partial charge in [-0.1, -0.05) is 78.9 Å². The third kappa shape index (κ3) is 6.30. The molecule has 1 aromatic heterocycles. The lowest BCUT2D eigenvalue weighted by atomic mass is 9.84. The lowest BCUT2D eigenvalue weighted by Crippen LogP contribution is -2.49. The predicted molar refractivity (Wildman–Crippen MR) is 161 cm³/mol. The summed E-state index contributed by atoms with van der Waals surface area (Å²) in [6.45, 7) is 0.766. The highest BCUT2D eigenvalue weighted by Gasteiger charge is 2.37. The summed E-state index contributed by atoms with van der Waals surface area (Å²) in [5.41, 5.74) is 8.49. The maximum absolute atomic E-state index is 14.4. The van der Waals surface area contributed by atoms with Crippen LogP contribution in [-0.4, -0.2) is 36.2 Å². The van der Waals surface area contributed by atoms with Gasteiger partial charge < -0.3 is 21.7 Å². The van der Waals surface area contributed by atoms with E-state index >= 15 is 0 Å². The summed E-state index contributed by atoms with van der Waals surface area (Å²) in [6, 6.07) is 31.1. The van der Waals surface area contributed by atoms with Gasteiger partial charge in [0, 0.05) is 16.5 Å². The van der Waals surface area contributed by atoms with Crippen molar-refractivity contribution in [3.05, 3.63) is 124 Å². The molecule has 0 radical (unpaired) electrons. The number of Topliss-reactive ketones (excluding diaryl/α,β-unsaturated/α-hetero) is 1. The largest absolute Gasteiger partial charge is 0.383 e. The molecule has 5 rings (SSSR count). The van der Waals surface area contributed by atoms with Crippen molar-refractivity contribution in [1.82, 2.24) is 10.6 Å². The van der Waals surface area contributed by atoms with E-state index in [-0.39, 0.29) is 29.5 Å². The third-order valence-corrected chi connectivity index (χ3v) is 8.36. The number of para-hydroxylation sites is 1. The van der Waals surface area contributed by atoms with E-state index in [1.807, 2.05) is 91.0 Å². The number of nitrogen functional groups attached to an aromatic ring is 1. The van der Waals surface area contributed by atoms with Crippen molar-refractivity contribution < 1.29 is 9.59 Å². The fraction of sp³-hybridized carbons (Fsp3) is 0.219. The normalized spacial score (nSPS) is 16.3. The second-order valence-electron chi connectivity index (χ2n) is 9.90. The van der Waals surface area contributed by atoms with Gasteiger partial charge in [0.05, 0.1) is 10.9 Å². The smallest absolute Gasteiger partial charge is 0.244 e. The topological polar surface area (TPSA) is 120 Å². The fourth-order valence-corrected chi connectivity index (χ4v) is 6.14. The van der Waals surface area contributed by atoms with Gasteiger partial charge in [-0.2, -0.15) is 0 Å². The van der Waals surface area contributed by atoms with Crippen LogP contribution in [0, 0.1) is 5.41 Å². The van der Waals surface area contributed by atoms with Gasteiger partial charge in [0.2, 0.25) is 5.91 Å². The molecule has 40 heavy (non-hydrogen) atoms. The highest BCUT2D eigenvalue weighted by atomic mass is 32.1. The van der Waals surface area contributed by atoms with Gasteiger partial charge in [-0.05, 0) is 54.8 Å². The molecule has 0 saturated carbocycles. The van der Waals surface area contributed by atoms with Crippen LogP contribution in [0.4, 0.5) is 5.69 Å². The van der Waals surface area contributed by atoms with Crippen LogP contribution < -0.4 is 21.7 Å². The van der Waals surface area contributed by atoms with Crippen molar-refractivity contribution in [2.45, 2.75) is 36.9 Å². The SMILES string of the molecule is N=C(N)c1ccc(C(NC(=O)[C@H](Nc2ccccc2)C(c2ccccc2)c2ccccc2)C(=O)[C@@H]2CCCN2)s1. The summed E-state index contributed by atoms with van der Waals surface area (Å²) in [6.07, 6.45) is 1.63. The Morgan fingerprint density at radius 2 is 1.48 bits per heavy atom. The first kappa shape index (κ1) is 27.3. The maximum Gasteiger partial charge on any atom is 0.244 e. The third-order valence-electron chi connectivity index (χ3n) is 7.18. The van der Waals surface area contributed by atoms with Crippen molar-refractivity contribution in [3.8, 4) is 0 Å². The van der Waals surface area contributed by atoms with Crippen LogP contribution >= 0.6 is 11.3 Å². The molecule has 8 heteroatoms. The number of amidine groups is 1. The number of nitrogens with one attached hydrogen (secondary N) is 4. The molecule has 204 valence electrons. The molecule has 3 aromatic carbocycles. The van der Waals surface area contributed by atoms with Crippen LogP contribution in [0.5, 0.6) is 0 Å². The van der Waals surface area contributed by atoms with E-state index in [9.17, 15) is 9.59 Å². The number of carbonyl (C=O) groups is 2. The predicted octanol–water partition coefficient (Wildman–Crippen LogP) is 4.82. The van der Waals surface area contributed by atoms with Gasteiger partial charge >= 0.3 is 0 Å². The Morgan fingerprint density at radius 1 is 0.875 bits per heavy atom. The quantitative estimate of drug-likeness (QED) is 0.135. The maximum atomic E-state index is 14.4. The number of ketones is 1. The molecule has 2 heterocycles. The zero-order chi connectivity index (χ0) is 27.9. The van der Waals surface area contributed by atoms with Gasteiger partial charge in [0.15, 0.2) is 5.78 Å². The van der Waals surface area contributed by atoms with Crippen molar-refractivity contribution >= 4 is 34.6 Å². The number of carbonyl (C=O) groups excluding carboxylic acids is 2. The molecule has 0 spiro atoms. The molecule has 1 amide bonds. The van der Waals surface area contributed by atoms with Crippen LogP contribution in [0.2, 0.25) is 0 Å². The van der Waals surface area contributed by atoms with E-state index in [1.165, 1.54) is 11.3 Å². The van der Waals surface area contributed by atoms with Crippen molar-refractivity contribution in [3.63, 3.8) is 0 Å². The van der Waals surface area contributed by atoms with E-state index < -0.39 is 12.1 Å². The average molecular weight is 552 g/mol. The van der Waals surface area contributed by atoms with E-state index in [1.54, 1.807) is 12.1 Å². The van der Waals surface area contributed by atoms with Crippen molar-refractivity contribution in [1.29, 1.82) is 5.41 Å². The van der Waals surface area contributed by atoms with Crippen molar-refractivity contribution in [2.24, 2.45) is 5.73 Å². The Kier molecular flexibility index (Phi) is 8.68. The second-order valence-corrected chi connectivity index (χ2v) is 11.0. The molecule has 1 fully saturated rings. The number of nitrogens with two attached hydrogens (primary N) is 1. The summed E-state index contributed by atoms with van der Waals surface area (Å²) in [5.74, 6) is -0.781. The van der Waals surface area contributed by atoms with Gasteiger partial charge in [-0.3, -0.25) is 15.0 Å². The lowest BCUT2D eigenvalue weighted by molar-refractivity contribution is -0.129. The van der Waals surface area contributed by atoms with E-state index in [0.717, 1.165) is 36.2 Å². The number of hydrogen-bond acceptors (Lipinski definition) is 6. The number of benzene rings is 3. The molecular formula is C32H33N5O2S. The van der Waals surface area contributed by atoms with Crippen LogP contribution in [-0.2, 0) is 9.59 Å². The molecule has 1 aliphatic rings. The number of anilines is 1. The number of rotatable bonds is 11. The standard InChI is InChI=1S/C32H33N5O2S/c33-31(34)26-19-18-25(40-26)28(30(38)24-17-10-20-35-24)37-32(39)29(36-23-15-8-3-9-16-23)27(21-11-4-1-5-12-21)22-13-6-2-7-14-22/h1-9,11-16,18-19,24,27-29,35-36H,10,17,20H2,(H3,33,34)(H,37,39)/t24-,28?,29+/m0/s1. The first-order chi connectivity index (χ1) is 19.5. The van der Waals surface area contributed by atoms with Crippen molar-refractivity contribution in [2.75, 3.05) is 11.9 Å². The molecule has 4 aromatic rings. The minimum Gasteiger partial charge on any atom is -0.383 e. The Labute approximate surface area is 238 Å². The fourth-order valence-electron chi connectivity index (χ4n) is 5.21. The monoisotopic (exact) mass is 551 g/mol. The summed E-state index contributed by atoms with van der Waals surface area (Å²) in [7, 11) is 0. The summed E-state index contributed by atoms with van der Waals surface area (Å²) >= 11 is 1.26. The van der Waals surface area contributed by atoms with Crippen LogP contribution in [0.3, 0.4) is 0 Å². The lowest BCUT2D eigenvalue weighted by Gasteiger charge is -2.31. The highest BCUT2D eigenvalue weighted by molar-refractivity contribution is 7.14. The number of hydrogen-bond donors (Lipinski definition) is 5. The van der Waals surface area contributed by atoms with E-state index in [4.69, 9.17) is 11.1 Å². The molecular weight excluding hydrogens is 518 g/mol. The Morgan fingerprint density at radius 3 is 2.00 bits per heavy atom. The Bertz CT molecular complexity index is 1400. The van der Waals surface area contributed by atoms with Gasteiger partial charge in [-0.25, -0.2) is 0 Å². The summed E-state index contributed by atoms with van der Waals surface area (Å²) < 4.78 is 0. The molecule has 1 aliphatic heterocycles. The first-order valence-corrected chi connectivity index (χ1v) is 14.3. The molecule has 0 bridgehead atoms. The number of amides is 1. The average Bonchev–Trinajstić information content (AvgIpc) is 3.70. The second kappa shape index (κ2) is 12.7. The van der Waals surface area contributed by atoms with Gasteiger partial charge in [0.25, 0.3) is 0 Å². The first-order valence-electron chi connectivity index (χ1n) is 13.4. The van der Waals surface area contributed by atoms with E-state index in [0.29, 0.717) is 9.75 Å². The zero-order valence-electron chi connectivity index (χ0n) is 22.0. The molecule has 1 unspecified atom stereocenters. The van der Waals surface area contributed by atoms with Crippen LogP contribution in [0.1, 0.15) is 45.7 Å². The molecule has 3 atom stereocenters. The molecule has 0 aliphatic carbocycles. The van der Waals surface area contributed by atoms with Gasteiger partial charge in [-0.15, -0.1) is 11.3 Å². The zero-order valence-corrected chi connectivity index (χ0v) is 22.9. The van der Waals surface area contributed by atoms with Crippen LogP contribution in [0.25, 0.3) is 0 Å². The number of thiophene rings is 1. The molecule has 6 N–H and O–H groups in total. The summed E-state index contributed by atoms with van der Waals surface area (Å²) in [4.78, 5) is 29.4. The minimum atomic E-state index is -0.867. The summed E-state index contributed by atoms with van der Waals surface area (Å²) in [5, 5.41) is 17.7. The van der Waals surface area contributed by atoms with E-state index in [2.05, 4.69) is 16.0 Å². The molecule has 7 nitrogen and oxygen atoms in total. The Hall–Kier alpha value is -4.27. The molecule has 1 saturated heterocycles. The minimum absolute atomic E-state index is 0.0652.